The van der Waals surface area contributed by atoms with Crippen molar-refractivity contribution < 1.29 is 0 Å². The minimum Gasteiger partial charge on any atom is -0.337 e. The van der Waals surface area contributed by atoms with Gasteiger partial charge in [0.1, 0.15) is 11.9 Å². The van der Waals surface area contributed by atoms with Crippen molar-refractivity contribution in [1.29, 1.82) is 5.26 Å². The van der Waals surface area contributed by atoms with Gasteiger partial charge in [-0.3, -0.25) is 0 Å². The fourth-order valence-electron chi connectivity index (χ4n) is 4.10. The predicted molar refractivity (Wildman–Crippen MR) is 122 cm³/mol. The Bertz CT molecular complexity index is 1440. The van der Waals surface area contributed by atoms with Gasteiger partial charge in [-0.1, -0.05) is 48.5 Å². The zero-order valence-corrected chi connectivity index (χ0v) is 16.8. The van der Waals surface area contributed by atoms with E-state index in [9.17, 15) is 5.26 Å². The first-order valence-electron chi connectivity index (χ1n) is 9.90. The average Bonchev–Trinajstić information content (AvgIpc) is 3.32. The molecule has 0 radical (unpaired) electrons. The molecule has 0 saturated heterocycles. The van der Waals surface area contributed by atoms with E-state index in [0.717, 1.165) is 33.7 Å². The van der Waals surface area contributed by atoms with Crippen LogP contribution in [0.1, 0.15) is 22.8 Å². The summed E-state index contributed by atoms with van der Waals surface area (Å²) in [5.74, 6) is 0.591. The normalized spacial score (nSPS) is 11.8. The van der Waals surface area contributed by atoms with Crippen LogP contribution in [0.5, 0.6) is 0 Å². The molecule has 0 fully saturated rings. The van der Waals surface area contributed by atoms with Crippen molar-refractivity contribution in [2.24, 2.45) is 0 Å². The van der Waals surface area contributed by atoms with Crippen molar-refractivity contribution >= 4 is 33.5 Å². The Morgan fingerprint density at radius 2 is 1.77 bits per heavy atom. The average molecular weight is 388 g/mol. The number of hydrogen-bond acceptors (Lipinski definition) is 2. The summed E-state index contributed by atoms with van der Waals surface area (Å²) >= 11 is 0. The highest BCUT2D eigenvalue weighted by molar-refractivity contribution is 5.92. The maximum absolute atomic E-state index is 9.81. The van der Waals surface area contributed by atoms with Crippen LogP contribution in [-0.4, -0.2) is 14.5 Å². The zero-order chi connectivity index (χ0) is 20.7. The SMILES string of the molecule is Cc1cc(C=C(C#N)c2nc3ccccc3[nH]2)c(C)n1-c1cccc2ccccc12. The smallest absolute Gasteiger partial charge is 0.149 e. The molecule has 144 valence electrons. The van der Waals surface area contributed by atoms with Crippen LogP contribution in [0.2, 0.25) is 0 Å². The number of fused-ring (bicyclic) bond motifs is 2. The largest absolute Gasteiger partial charge is 0.337 e. The van der Waals surface area contributed by atoms with Gasteiger partial charge in [0.15, 0.2) is 0 Å². The van der Waals surface area contributed by atoms with E-state index in [2.05, 4.69) is 83.0 Å². The Kier molecular flexibility index (Phi) is 4.22. The number of nitriles is 1. The van der Waals surface area contributed by atoms with E-state index in [0.29, 0.717) is 11.4 Å². The summed E-state index contributed by atoms with van der Waals surface area (Å²) in [7, 11) is 0. The van der Waals surface area contributed by atoms with E-state index < -0.39 is 0 Å². The third kappa shape index (κ3) is 2.89. The lowest BCUT2D eigenvalue weighted by atomic mass is 10.1. The van der Waals surface area contributed by atoms with Gasteiger partial charge >= 0.3 is 0 Å². The lowest BCUT2D eigenvalue weighted by molar-refractivity contribution is 0.973. The molecular formula is C26H20N4. The van der Waals surface area contributed by atoms with Crippen molar-refractivity contribution in [1.82, 2.24) is 14.5 Å². The van der Waals surface area contributed by atoms with Crippen LogP contribution in [0, 0.1) is 25.2 Å². The maximum atomic E-state index is 9.81. The minimum absolute atomic E-state index is 0.518. The van der Waals surface area contributed by atoms with Gasteiger partial charge in [0.2, 0.25) is 0 Å². The molecule has 0 bridgehead atoms. The second kappa shape index (κ2) is 7.06. The number of benzene rings is 3. The number of rotatable bonds is 3. The third-order valence-corrected chi connectivity index (χ3v) is 5.54. The molecule has 30 heavy (non-hydrogen) atoms. The van der Waals surface area contributed by atoms with Crippen LogP contribution in [0.25, 0.3) is 39.1 Å². The van der Waals surface area contributed by atoms with Gasteiger partial charge in [-0.05, 0) is 55.1 Å². The number of nitrogens with zero attached hydrogens (tertiary/aromatic N) is 3. The maximum Gasteiger partial charge on any atom is 0.149 e. The lowest BCUT2D eigenvalue weighted by Gasteiger charge is -2.13. The molecule has 2 aromatic heterocycles. The van der Waals surface area contributed by atoms with E-state index in [4.69, 9.17) is 0 Å². The highest BCUT2D eigenvalue weighted by atomic mass is 15.0. The number of aromatic amines is 1. The lowest BCUT2D eigenvalue weighted by Crippen LogP contribution is -2.00. The number of aromatic nitrogens is 3. The zero-order valence-electron chi connectivity index (χ0n) is 16.8. The topological polar surface area (TPSA) is 57.4 Å². The molecule has 3 aromatic carbocycles. The second-order valence-electron chi connectivity index (χ2n) is 7.43. The molecule has 0 aliphatic rings. The number of para-hydroxylation sites is 2. The van der Waals surface area contributed by atoms with Crippen LogP contribution in [-0.2, 0) is 0 Å². The number of H-pyrrole nitrogens is 1. The van der Waals surface area contributed by atoms with Crippen molar-refractivity contribution in [2.75, 3.05) is 0 Å². The van der Waals surface area contributed by atoms with Gasteiger partial charge in [0.05, 0.1) is 22.3 Å². The van der Waals surface area contributed by atoms with Crippen LogP contribution in [0.3, 0.4) is 0 Å². The fourth-order valence-corrected chi connectivity index (χ4v) is 4.10. The van der Waals surface area contributed by atoms with Crippen LogP contribution in [0.15, 0.2) is 72.8 Å². The summed E-state index contributed by atoms with van der Waals surface area (Å²) in [5.41, 5.74) is 6.67. The van der Waals surface area contributed by atoms with E-state index in [-0.39, 0.29) is 0 Å². The van der Waals surface area contributed by atoms with Crippen molar-refractivity contribution in [3.63, 3.8) is 0 Å². The summed E-state index contributed by atoms with van der Waals surface area (Å²) in [6, 6.07) is 27.0. The fraction of sp³-hybridized carbons (Fsp3) is 0.0769. The molecule has 0 saturated carbocycles. The van der Waals surface area contributed by atoms with Gasteiger partial charge in [-0.15, -0.1) is 0 Å². The first-order valence-corrected chi connectivity index (χ1v) is 9.90. The Morgan fingerprint density at radius 1 is 1.00 bits per heavy atom. The number of imidazole rings is 1. The third-order valence-electron chi connectivity index (χ3n) is 5.54. The van der Waals surface area contributed by atoms with Gasteiger partial charge < -0.3 is 9.55 Å². The monoisotopic (exact) mass is 388 g/mol. The summed E-state index contributed by atoms with van der Waals surface area (Å²) in [4.78, 5) is 7.84. The van der Waals surface area contributed by atoms with Gasteiger partial charge in [0, 0.05) is 16.8 Å². The summed E-state index contributed by atoms with van der Waals surface area (Å²) in [6.07, 6.45) is 1.92. The molecule has 1 N–H and O–H groups in total. The molecule has 0 atom stereocenters. The highest BCUT2D eigenvalue weighted by Crippen LogP contribution is 2.29. The van der Waals surface area contributed by atoms with E-state index in [1.165, 1.54) is 10.8 Å². The Labute approximate surface area is 174 Å². The summed E-state index contributed by atoms with van der Waals surface area (Å²) in [5, 5.41) is 12.2. The molecular weight excluding hydrogens is 368 g/mol. The first kappa shape index (κ1) is 18.0. The van der Waals surface area contributed by atoms with Crippen molar-refractivity contribution in [3.8, 4) is 11.8 Å². The molecule has 4 nitrogen and oxygen atoms in total. The molecule has 5 aromatic rings. The minimum atomic E-state index is 0.518. The van der Waals surface area contributed by atoms with Crippen molar-refractivity contribution in [3.05, 3.63) is 95.6 Å². The van der Waals surface area contributed by atoms with E-state index in [1.54, 1.807) is 0 Å². The van der Waals surface area contributed by atoms with Crippen molar-refractivity contribution in [2.45, 2.75) is 13.8 Å². The molecule has 2 heterocycles. The van der Waals surface area contributed by atoms with E-state index in [1.807, 2.05) is 30.3 Å². The highest BCUT2D eigenvalue weighted by Gasteiger charge is 2.14. The Hall–Kier alpha value is -4.10. The quantitative estimate of drug-likeness (QED) is 0.375. The van der Waals surface area contributed by atoms with Gasteiger partial charge in [-0.25, -0.2) is 4.98 Å². The Morgan fingerprint density at radius 3 is 2.60 bits per heavy atom. The second-order valence-corrected chi connectivity index (χ2v) is 7.43. The molecule has 5 rings (SSSR count). The summed E-state index contributed by atoms with van der Waals surface area (Å²) < 4.78 is 2.25. The number of hydrogen-bond donors (Lipinski definition) is 1. The number of nitrogens with one attached hydrogen (secondary N) is 1. The molecule has 0 unspecified atom stereocenters. The predicted octanol–water partition coefficient (Wildman–Crippen LogP) is 6.19. The molecule has 0 aliphatic carbocycles. The first-order chi connectivity index (χ1) is 14.7. The van der Waals surface area contributed by atoms with Gasteiger partial charge in [0.25, 0.3) is 0 Å². The standard InChI is InChI=1S/C26H20N4/c1-17-14-20(15-21(16-27)26-28-23-11-5-6-12-24(23)29-26)18(2)30(17)25-13-7-9-19-8-3-4-10-22(19)25/h3-15H,1-2H3,(H,28,29). The molecule has 0 aliphatic heterocycles. The summed E-state index contributed by atoms with van der Waals surface area (Å²) in [6.45, 7) is 4.19. The number of aryl methyl sites for hydroxylation is 1. The van der Waals surface area contributed by atoms with E-state index >= 15 is 0 Å². The molecule has 4 heteroatoms. The van der Waals surface area contributed by atoms with Gasteiger partial charge in [-0.2, -0.15) is 5.26 Å². The van der Waals surface area contributed by atoms with Crippen LogP contribution >= 0.6 is 0 Å². The molecule has 0 amide bonds. The van der Waals surface area contributed by atoms with Crippen LogP contribution in [0.4, 0.5) is 0 Å². The van der Waals surface area contributed by atoms with Crippen LogP contribution < -0.4 is 0 Å². The number of allylic oxidation sites excluding steroid dienone is 1. The Balaban J connectivity index is 1.65. The molecule has 0 spiro atoms.